The van der Waals surface area contributed by atoms with E-state index < -0.39 is 6.10 Å². The quantitative estimate of drug-likeness (QED) is 0.748. The zero-order valence-corrected chi connectivity index (χ0v) is 9.86. The molecule has 1 saturated heterocycles. The van der Waals surface area contributed by atoms with Crippen LogP contribution in [0.2, 0.25) is 0 Å². The number of rotatable bonds is 4. The Morgan fingerprint density at radius 2 is 2.12 bits per heavy atom. The van der Waals surface area contributed by atoms with Gasteiger partial charge in [-0.15, -0.1) is 6.58 Å². The molecule has 0 unspecified atom stereocenters. The summed E-state index contributed by atoms with van der Waals surface area (Å²) in [5.41, 5.74) is 0. The van der Waals surface area contributed by atoms with Crippen LogP contribution in [0.5, 0.6) is 0 Å². The van der Waals surface area contributed by atoms with Crippen molar-refractivity contribution in [2.45, 2.75) is 62.9 Å². The third kappa shape index (κ3) is 2.65. The first-order valence-electron chi connectivity index (χ1n) is 6.36. The fourth-order valence-corrected chi connectivity index (χ4v) is 2.59. The number of allylic oxidation sites excluding steroid dienone is 1. The Bertz CT molecular complexity index is 233. The second-order valence-corrected chi connectivity index (χ2v) is 4.87. The minimum atomic E-state index is -0.417. The van der Waals surface area contributed by atoms with E-state index in [0.717, 1.165) is 19.3 Å². The molecule has 1 aliphatic carbocycles. The largest absolute Gasteiger partial charge is 0.390 e. The number of ether oxygens (including phenoxy) is 2. The summed E-state index contributed by atoms with van der Waals surface area (Å²) in [6, 6.07) is 0. The van der Waals surface area contributed by atoms with Gasteiger partial charge in [0.2, 0.25) is 0 Å². The van der Waals surface area contributed by atoms with E-state index in [2.05, 4.69) is 6.58 Å². The maximum Gasteiger partial charge on any atom is 0.169 e. The van der Waals surface area contributed by atoms with Crippen molar-refractivity contribution in [2.24, 2.45) is 0 Å². The van der Waals surface area contributed by atoms with Gasteiger partial charge in [-0.25, -0.2) is 0 Å². The molecule has 0 aromatic heterocycles. The average molecular weight is 226 g/mol. The molecule has 1 N–H and O–H groups in total. The third-order valence-corrected chi connectivity index (χ3v) is 3.59. The predicted molar refractivity (Wildman–Crippen MR) is 62.1 cm³/mol. The summed E-state index contributed by atoms with van der Waals surface area (Å²) < 4.78 is 11.7. The zero-order chi connectivity index (χ0) is 11.4. The molecule has 1 heterocycles. The van der Waals surface area contributed by atoms with Gasteiger partial charge in [-0.2, -0.15) is 0 Å². The van der Waals surface area contributed by atoms with E-state index in [9.17, 15) is 5.11 Å². The molecule has 0 aromatic rings. The molecule has 2 fully saturated rings. The van der Waals surface area contributed by atoms with Gasteiger partial charge in [0.15, 0.2) is 5.79 Å². The van der Waals surface area contributed by atoms with E-state index in [1.54, 1.807) is 0 Å². The molecular weight excluding hydrogens is 204 g/mol. The van der Waals surface area contributed by atoms with Crippen LogP contribution < -0.4 is 0 Å². The molecule has 3 heteroatoms. The summed E-state index contributed by atoms with van der Waals surface area (Å²) in [4.78, 5) is 0. The van der Waals surface area contributed by atoms with E-state index in [0.29, 0.717) is 13.0 Å². The second kappa shape index (κ2) is 5.30. The van der Waals surface area contributed by atoms with Crippen molar-refractivity contribution in [3.63, 3.8) is 0 Å². The van der Waals surface area contributed by atoms with Crippen LogP contribution in [0.3, 0.4) is 0 Å². The number of hydrogen-bond acceptors (Lipinski definition) is 3. The minimum absolute atomic E-state index is 0.141. The van der Waals surface area contributed by atoms with Crippen molar-refractivity contribution in [3.05, 3.63) is 12.7 Å². The number of aliphatic hydroxyl groups is 1. The fraction of sp³-hybridized carbons (Fsp3) is 0.846. The van der Waals surface area contributed by atoms with Crippen LogP contribution in [-0.4, -0.2) is 29.7 Å². The Labute approximate surface area is 97.4 Å². The summed E-state index contributed by atoms with van der Waals surface area (Å²) in [5.74, 6) is -0.363. The molecule has 0 aromatic carbocycles. The van der Waals surface area contributed by atoms with Gasteiger partial charge in [-0.05, 0) is 25.7 Å². The summed E-state index contributed by atoms with van der Waals surface area (Å²) >= 11 is 0. The maximum atomic E-state index is 9.94. The molecule has 16 heavy (non-hydrogen) atoms. The molecule has 3 nitrogen and oxygen atoms in total. The highest BCUT2D eigenvalue weighted by Gasteiger charge is 2.44. The number of hydrogen-bond donors (Lipinski definition) is 1. The van der Waals surface area contributed by atoms with Crippen molar-refractivity contribution < 1.29 is 14.6 Å². The molecule has 2 aliphatic rings. The molecule has 0 bridgehead atoms. The second-order valence-electron chi connectivity index (χ2n) is 4.87. The van der Waals surface area contributed by atoms with Crippen LogP contribution in [0.1, 0.15) is 44.9 Å². The highest BCUT2D eigenvalue weighted by molar-refractivity contribution is 4.86. The average Bonchev–Trinajstić information content (AvgIpc) is 2.71. The van der Waals surface area contributed by atoms with Crippen LogP contribution in [0.25, 0.3) is 0 Å². The van der Waals surface area contributed by atoms with Crippen LogP contribution in [0.15, 0.2) is 12.7 Å². The van der Waals surface area contributed by atoms with Gasteiger partial charge >= 0.3 is 0 Å². The predicted octanol–water partition coefficient (Wildman–Crippen LogP) is 2.39. The van der Waals surface area contributed by atoms with Crippen LogP contribution >= 0.6 is 0 Å². The molecule has 1 saturated carbocycles. The van der Waals surface area contributed by atoms with E-state index >= 15 is 0 Å². The lowest BCUT2D eigenvalue weighted by atomic mass is 9.94. The van der Waals surface area contributed by atoms with Gasteiger partial charge in [0.05, 0.1) is 12.7 Å². The van der Waals surface area contributed by atoms with E-state index in [4.69, 9.17) is 9.47 Å². The van der Waals surface area contributed by atoms with E-state index in [1.807, 2.05) is 6.08 Å². The van der Waals surface area contributed by atoms with Gasteiger partial charge in [-0.1, -0.05) is 12.5 Å². The standard InChI is InChI=1S/C13H22O3/c1-2-3-7-11(14)12-10-15-13(16-12)8-5-4-6-9-13/h2,11-12,14H,1,3-10H2/t11-,12-/m0/s1. The molecule has 2 atom stereocenters. The third-order valence-electron chi connectivity index (χ3n) is 3.59. The van der Waals surface area contributed by atoms with Gasteiger partial charge in [-0.3, -0.25) is 0 Å². The van der Waals surface area contributed by atoms with Gasteiger partial charge < -0.3 is 14.6 Å². The van der Waals surface area contributed by atoms with Gasteiger partial charge in [0.25, 0.3) is 0 Å². The summed E-state index contributed by atoms with van der Waals surface area (Å²) in [6.07, 6.45) is 8.41. The Hall–Kier alpha value is -0.380. The molecule has 1 spiro atoms. The smallest absolute Gasteiger partial charge is 0.169 e. The first-order chi connectivity index (χ1) is 7.76. The first-order valence-corrected chi connectivity index (χ1v) is 6.36. The van der Waals surface area contributed by atoms with Crippen LogP contribution in [0.4, 0.5) is 0 Å². The lowest BCUT2D eigenvalue weighted by Crippen LogP contribution is -2.35. The van der Waals surface area contributed by atoms with Crippen LogP contribution in [-0.2, 0) is 9.47 Å². The summed E-state index contributed by atoms with van der Waals surface area (Å²) in [6.45, 7) is 4.20. The maximum absolute atomic E-state index is 9.94. The summed E-state index contributed by atoms with van der Waals surface area (Å²) in [5, 5.41) is 9.94. The van der Waals surface area contributed by atoms with Crippen molar-refractivity contribution in [2.75, 3.05) is 6.61 Å². The molecule has 0 radical (unpaired) electrons. The molecule has 92 valence electrons. The Morgan fingerprint density at radius 1 is 1.38 bits per heavy atom. The van der Waals surface area contributed by atoms with E-state index in [-0.39, 0.29) is 11.9 Å². The van der Waals surface area contributed by atoms with Crippen molar-refractivity contribution in [1.29, 1.82) is 0 Å². The number of aliphatic hydroxyl groups excluding tert-OH is 1. The Morgan fingerprint density at radius 3 is 2.81 bits per heavy atom. The fourth-order valence-electron chi connectivity index (χ4n) is 2.59. The molecule has 2 rings (SSSR count). The van der Waals surface area contributed by atoms with Crippen LogP contribution in [0, 0.1) is 0 Å². The monoisotopic (exact) mass is 226 g/mol. The zero-order valence-electron chi connectivity index (χ0n) is 9.86. The lowest BCUT2D eigenvalue weighted by Gasteiger charge is -2.32. The molecule has 0 amide bonds. The van der Waals surface area contributed by atoms with Crippen molar-refractivity contribution >= 4 is 0 Å². The van der Waals surface area contributed by atoms with Gasteiger partial charge in [0, 0.05) is 12.8 Å². The SMILES string of the molecule is C=CCC[C@H](O)[C@@H]1COC2(CCCCC2)O1. The summed E-state index contributed by atoms with van der Waals surface area (Å²) in [7, 11) is 0. The minimum Gasteiger partial charge on any atom is -0.390 e. The highest BCUT2D eigenvalue weighted by atomic mass is 16.7. The Balaban J connectivity index is 1.84. The normalized spacial score (nSPS) is 30.4. The molecule has 1 aliphatic heterocycles. The topological polar surface area (TPSA) is 38.7 Å². The van der Waals surface area contributed by atoms with Gasteiger partial charge in [0.1, 0.15) is 6.10 Å². The first kappa shape index (κ1) is 12.1. The van der Waals surface area contributed by atoms with E-state index in [1.165, 1.54) is 19.3 Å². The van der Waals surface area contributed by atoms with Crippen molar-refractivity contribution in [3.8, 4) is 0 Å². The van der Waals surface area contributed by atoms with Crippen molar-refractivity contribution in [1.82, 2.24) is 0 Å². The Kier molecular flexibility index (Phi) is 4.00. The lowest BCUT2D eigenvalue weighted by molar-refractivity contribution is -0.195. The molecular formula is C13H22O3. The highest BCUT2D eigenvalue weighted by Crippen LogP contribution is 2.38.